The molecule has 0 unspecified atom stereocenters. The van der Waals surface area contributed by atoms with E-state index >= 15 is 0 Å². The predicted molar refractivity (Wildman–Crippen MR) is 78.3 cm³/mol. The highest BCUT2D eigenvalue weighted by atomic mass is 19.1. The third kappa shape index (κ3) is 3.57. The first-order chi connectivity index (χ1) is 9.72. The third-order valence-electron chi connectivity index (χ3n) is 3.39. The molecule has 5 heteroatoms. The van der Waals surface area contributed by atoms with Crippen molar-refractivity contribution in [3.8, 4) is 0 Å². The van der Waals surface area contributed by atoms with Crippen molar-refractivity contribution in [3.63, 3.8) is 0 Å². The van der Waals surface area contributed by atoms with E-state index in [1.165, 1.54) is 6.07 Å². The number of hydrogen-bond acceptors (Lipinski definition) is 3. The molecule has 1 aliphatic rings. The van der Waals surface area contributed by atoms with E-state index in [2.05, 4.69) is 11.9 Å². The number of carbonyl (C=O) groups is 1. The SMILES string of the molecule is C=CCNCC(=O)N1CCN(c2ccccc2F)CC1. The maximum absolute atomic E-state index is 13.7. The quantitative estimate of drug-likeness (QED) is 0.650. The molecule has 0 aliphatic carbocycles. The van der Waals surface area contributed by atoms with E-state index in [4.69, 9.17) is 0 Å². The van der Waals surface area contributed by atoms with Gasteiger partial charge in [0, 0.05) is 32.7 Å². The van der Waals surface area contributed by atoms with Crippen molar-refractivity contribution in [2.75, 3.05) is 44.2 Å². The standard InChI is InChI=1S/C15H20FN3O/c1-2-7-17-12-15(20)19-10-8-18(9-11-19)14-6-4-3-5-13(14)16/h2-6,17H,1,7-12H2. The second kappa shape index (κ2) is 7.05. The van der Waals surface area contributed by atoms with Gasteiger partial charge in [-0.15, -0.1) is 6.58 Å². The Labute approximate surface area is 118 Å². The van der Waals surface area contributed by atoms with Crippen LogP contribution in [-0.2, 0) is 4.79 Å². The second-order valence-electron chi connectivity index (χ2n) is 4.74. The van der Waals surface area contributed by atoms with Crippen LogP contribution < -0.4 is 10.2 Å². The lowest BCUT2D eigenvalue weighted by Crippen LogP contribution is -2.51. The summed E-state index contributed by atoms with van der Waals surface area (Å²) in [7, 11) is 0. The number of halogens is 1. The molecule has 4 nitrogen and oxygen atoms in total. The number of anilines is 1. The van der Waals surface area contributed by atoms with Crippen molar-refractivity contribution in [2.45, 2.75) is 0 Å². The molecule has 20 heavy (non-hydrogen) atoms. The van der Waals surface area contributed by atoms with Crippen molar-refractivity contribution >= 4 is 11.6 Å². The summed E-state index contributed by atoms with van der Waals surface area (Å²) in [4.78, 5) is 15.7. The van der Waals surface area contributed by atoms with Crippen LogP contribution in [0.15, 0.2) is 36.9 Å². The molecule has 1 N–H and O–H groups in total. The van der Waals surface area contributed by atoms with Crippen molar-refractivity contribution in [1.82, 2.24) is 10.2 Å². The van der Waals surface area contributed by atoms with Gasteiger partial charge in [-0.2, -0.15) is 0 Å². The van der Waals surface area contributed by atoms with Crippen LogP contribution in [-0.4, -0.2) is 50.1 Å². The molecule has 1 saturated heterocycles. The van der Waals surface area contributed by atoms with Gasteiger partial charge in [-0.05, 0) is 12.1 Å². The number of nitrogens with one attached hydrogen (secondary N) is 1. The number of carbonyl (C=O) groups excluding carboxylic acids is 1. The Bertz CT molecular complexity index is 470. The molecule has 1 fully saturated rings. The van der Waals surface area contributed by atoms with Gasteiger partial charge >= 0.3 is 0 Å². The number of benzene rings is 1. The average molecular weight is 277 g/mol. The van der Waals surface area contributed by atoms with Crippen LogP contribution >= 0.6 is 0 Å². The van der Waals surface area contributed by atoms with Crippen molar-refractivity contribution in [2.24, 2.45) is 0 Å². The molecule has 1 amide bonds. The summed E-state index contributed by atoms with van der Waals surface area (Å²) in [5.74, 6) is -0.125. The number of hydrogen-bond donors (Lipinski definition) is 1. The molecular formula is C15H20FN3O. The lowest BCUT2D eigenvalue weighted by molar-refractivity contribution is -0.130. The highest BCUT2D eigenvalue weighted by molar-refractivity contribution is 5.78. The van der Waals surface area contributed by atoms with E-state index in [-0.39, 0.29) is 11.7 Å². The normalized spacial score (nSPS) is 15.2. The molecule has 1 aromatic carbocycles. The Hall–Kier alpha value is -1.88. The first kappa shape index (κ1) is 14.5. The molecule has 0 bridgehead atoms. The maximum Gasteiger partial charge on any atom is 0.236 e. The number of para-hydroxylation sites is 1. The molecule has 0 spiro atoms. The minimum atomic E-state index is -0.208. The molecule has 108 valence electrons. The Morgan fingerprint density at radius 3 is 2.65 bits per heavy atom. The minimum Gasteiger partial charge on any atom is -0.366 e. The van der Waals surface area contributed by atoms with Crippen LogP contribution in [0.4, 0.5) is 10.1 Å². The van der Waals surface area contributed by atoms with Gasteiger partial charge in [0.15, 0.2) is 0 Å². The zero-order chi connectivity index (χ0) is 14.4. The number of rotatable bonds is 5. The lowest BCUT2D eigenvalue weighted by Gasteiger charge is -2.36. The molecule has 1 aromatic rings. The Morgan fingerprint density at radius 2 is 2.00 bits per heavy atom. The van der Waals surface area contributed by atoms with E-state index in [1.54, 1.807) is 18.2 Å². The third-order valence-corrected chi connectivity index (χ3v) is 3.39. The fourth-order valence-electron chi connectivity index (χ4n) is 2.30. The first-order valence-electron chi connectivity index (χ1n) is 6.81. The van der Waals surface area contributed by atoms with Crippen LogP contribution in [0.3, 0.4) is 0 Å². The summed E-state index contributed by atoms with van der Waals surface area (Å²) in [6.07, 6.45) is 1.73. The van der Waals surface area contributed by atoms with Crippen LogP contribution in [0, 0.1) is 5.82 Å². The van der Waals surface area contributed by atoms with Gasteiger partial charge in [-0.25, -0.2) is 4.39 Å². The number of nitrogens with zero attached hydrogens (tertiary/aromatic N) is 2. The molecule has 0 radical (unpaired) electrons. The fraction of sp³-hybridized carbons (Fsp3) is 0.400. The van der Waals surface area contributed by atoms with Crippen LogP contribution in [0.2, 0.25) is 0 Å². The minimum absolute atomic E-state index is 0.0834. The smallest absolute Gasteiger partial charge is 0.236 e. The van der Waals surface area contributed by atoms with Gasteiger partial charge in [0.1, 0.15) is 5.82 Å². The summed E-state index contributed by atoms with van der Waals surface area (Å²) in [6, 6.07) is 6.75. The van der Waals surface area contributed by atoms with E-state index in [9.17, 15) is 9.18 Å². The van der Waals surface area contributed by atoms with Crippen LogP contribution in [0.5, 0.6) is 0 Å². The van der Waals surface area contributed by atoms with Crippen molar-refractivity contribution < 1.29 is 9.18 Å². The summed E-state index contributed by atoms with van der Waals surface area (Å²) in [5.41, 5.74) is 0.615. The van der Waals surface area contributed by atoms with E-state index in [0.29, 0.717) is 45.0 Å². The molecular weight excluding hydrogens is 257 g/mol. The summed E-state index contributed by atoms with van der Waals surface area (Å²) < 4.78 is 13.7. The maximum atomic E-state index is 13.7. The second-order valence-corrected chi connectivity index (χ2v) is 4.74. The fourth-order valence-corrected chi connectivity index (χ4v) is 2.30. The molecule has 0 atom stereocenters. The van der Waals surface area contributed by atoms with Gasteiger partial charge in [-0.3, -0.25) is 4.79 Å². The number of piperazine rings is 1. The Kier molecular flexibility index (Phi) is 5.12. The molecule has 1 heterocycles. The predicted octanol–water partition coefficient (Wildman–Crippen LogP) is 1.25. The van der Waals surface area contributed by atoms with Crippen molar-refractivity contribution in [1.29, 1.82) is 0 Å². The van der Waals surface area contributed by atoms with Crippen molar-refractivity contribution in [3.05, 3.63) is 42.7 Å². The van der Waals surface area contributed by atoms with Gasteiger partial charge in [0.05, 0.1) is 12.2 Å². The van der Waals surface area contributed by atoms with Gasteiger partial charge in [-0.1, -0.05) is 18.2 Å². The first-order valence-corrected chi connectivity index (χ1v) is 6.81. The zero-order valence-electron chi connectivity index (χ0n) is 11.5. The number of amides is 1. The Balaban J connectivity index is 1.85. The summed E-state index contributed by atoms with van der Waals surface area (Å²) >= 11 is 0. The zero-order valence-corrected chi connectivity index (χ0v) is 11.5. The van der Waals surface area contributed by atoms with Gasteiger partial charge in [0.25, 0.3) is 0 Å². The van der Waals surface area contributed by atoms with E-state index in [0.717, 1.165) is 0 Å². The van der Waals surface area contributed by atoms with Gasteiger partial charge < -0.3 is 15.1 Å². The average Bonchev–Trinajstić information content (AvgIpc) is 2.48. The molecule has 2 rings (SSSR count). The molecule has 1 aliphatic heterocycles. The van der Waals surface area contributed by atoms with Gasteiger partial charge in [0.2, 0.25) is 5.91 Å². The highest BCUT2D eigenvalue weighted by Crippen LogP contribution is 2.19. The summed E-state index contributed by atoms with van der Waals surface area (Å²) in [6.45, 7) is 7.12. The molecule has 0 saturated carbocycles. The monoisotopic (exact) mass is 277 g/mol. The van der Waals surface area contributed by atoms with E-state index < -0.39 is 0 Å². The largest absolute Gasteiger partial charge is 0.366 e. The lowest BCUT2D eigenvalue weighted by atomic mass is 10.2. The van der Waals surface area contributed by atoms with Crippen LogP contribution in [0.1, 0.15) is 0 Å². The summed E-state index contributed by atoms with van der Waals surface area (Å²) in [5, 5.41) is 3.00. The topological polar surface area (TPSA) is 35.6 Å². The molecule has 0 aromatic heterocycles. The van der Waals surface area contributed by atoms with Crippen LogP contribution in [0.25, 0.3) is 0 Å². The van der Waals surface area contributed by atoms with E-state index in [1.807, 2.05) is 15.9 Å². The Morgan fingerprint density at radius 1 is 1.30 bits per heavy atom. The highest BCUT2D eigenvalue weighted by Gasteiger charge is 2.22.